The molecular formula is C17H19BrF3N3O2. The van der Waals surface area contributed by atoms with Crippen molar-refractivity contribution in [3.05, 3.63) is 46.1 Å². The lowest BCUT2D eigenvalue weighted by molar-refractivity contribution is -0.137. The molecule has 0 amide bonds. The van der Waals surface area contributed by atoms with Crippen LogP contribution in [0, 0.1) is 0 Å². The Hall–Kier alpha value is -2.00. The first-order valence-electron chi connectivity index (χ1n) is 7.74. The minimum absolute atomic E-state index is 0.172. The first-order valence-corrected chi connectivity index (χ1v) is 8.53. The molecule has 2 rings (SSSR count). The van der Waals surface area contributed by atoms with Crippen LogP contribution in [0.2, 0.25) is 0 Å². The Morgan fingerprint density at radius 1 is 1.12 bits per heavy atom. The summed E-state index contributed by atoms with van der Waals surface area (Å²) >= 11 is 3.46. The monoisotopic (exact) mass is 433 g/mol. The number of nitrogens with zero attached hydrogens (tertiary/aromatic N) is 1. The van der Waals surface area contributed by atoms with Crippen LogP contribution in [0.3, 0.4) is 0 Å². The van der Waals surface area contributed by atoms with E-state index >= 15 is 0 Å². The second-order valence-electron chi connectivity index (χ2n) is 5.30. The van der Waals surface area contributed by atoms with Gasteiger partial charge in [0, 0.05) is 30.3 Å². The van der Waals surface area contributed by atoms with E-state index in [0.29, 0.717) is 31.1 Å². The van der Waals surface area contributed by atoms with E-state index < -0.39 is 11.7 Å². The van der Waals surface area contributed by atoms with Gasteiger partial charge in [0.15, 0.2) is 11.5 Å². The highest BCUT2D eigenvalue weighted by molar-refractivity contribution is 9.10. The lowest BCUT2D eigenvalue weighted by atomic mass is 10.2. The quantitative estimate of drug-likeness (QED) is 0.614. The van der Waals surface area contributed by atoms with Crippen molar-refractivity contribution in [2.45, 2.75) is 12.7 Å². The number of alkyl halides is 3. The highest BCUT2D eigenvalue weighted by Gasteiger charge is 2.33. The Labute approximate surface area is 158 Å². The molecule has 5 nitrogen and oxygen atoms in total. The van der Waals surface area contributed by atoms with E-state index in [-0.39, 0.29) is 5.82 Å². The number of methoxy groups -OCH3 is 2. The Morgan fingerprint density at radius 3 is 2.46 bits per heavy atom. The van der Waals surface area contributed by atoms with Crippen molar-refractivity contribution < 1.29 is 22.6 Å². The Kier molecular flexibility index (Phi) is 7.10. The molecule has 26 heavy (non-hydrogen) atoms. The summed E-state index contributed by atoms with van der Waals surface area (Å²) in [6.07, 6.45) is -3.11. The van der Waals surface area contributed by atoms with Crippen molar-refractivity contribution in [1.82, 2.24) is 10.3 Å². The highest BCUT2D eigenvalue weighted by atomic mass is 79.9. The van der Waals surface area contributed by atoms with Gasteiger partial charge >= 0.3 is 6.18 Å². The number of ether oxygens (including phenoxy) is 2. The van der Waals surface area contributed by atoms with Gasteiger partial charge in [0.1, 0.15) is 5.82 Å². The molecule has 1 heterocycles. The highest BCUT2D eigenvalue weighted by Crippen LogP contribution is 2.34. The topological polar surface area (TPSA) is 55.4 Å². The molecular weight excluding hydrogens is 415 g/mol. The summed E-state index contributed by atoms with van der Waals surface area (Å²) in [6, 6.07) is 5.91. The number of aromatic nitrogens is 1. The van der Waals surface area contributed by atoms with Gasteiger partial charge in [0.25, 0.3) is 0 Å². The lowest BCUT2D eigenvalue weighted by Crippen LogP contribution is -2.23. The maximum absolute atomic E-state index is 12.9. The van der Waals surface area contributed by atoms with Gasteiger partial charge in [0.05, 0.1) is 19.8 Å². The van der Waals surface area contributed by atoms with E-state index in [2.05, 4.69) is 31.5 Å². The van der Waals surface area contributed by atoms with Crippen LogP contribution in [-0.4, -0.2) is 32.3 Å². The molecule has 1 aromatic heterocycles. The SMILES string of the molecule is COc1cc(Br)c(CNCCNc2ncccc2C(F)(F)F)cc1OC. The summed E-state index contributed by atoms with van der Waals surface area (Å²) in [6.45, 7) is 1.26. The largest absolute Gasteiger partial charge is 0.493 e. The first-order chi connectivity index (χ1) is 12.4. The van der Waals surface area contributed by atoms with E-state index in [1.54, 1.807) is 20.3 Å². The van der Waals surface area contributed by atoms with Crippen LogP contribution in [0.25, 0.3) is 0 Å². The van der Waals surface area contributed by atoms with E-state index in [4.69, 9.17) is 9.47 Å². The molecule has 0 saturated heterocycles. The third-order valence-corrected chi connectivity index (χ3v) is 4.31. The molecule has 0 unspecified atom stereocenters. The average molecular weight is 434 g/mol. The molecule has 0 aliphatic carbocycles. The van der Waals surface area contributed by atoms with Crippen LogP contribution in [0.5, 0.6) is 11.5 Å². The molecule has 1 aromatic carbocycles. The number of halogens is 4. The van der Waals surface area contributed by atoms with Crippen molar-refractivity contribution in [3.8, 4) is 11.5 Å². The van der Waals surface area contributed by atoms with Crippen molar-refractivity contribution in [2.24, 2.45) is 0 Å². The summed E-state index contributed by atoms with van der Waals surface area (Å²) in [5, 5.41) is 5.87. The molecule has 0 atom stereocenters. The molecule has 2 aromatic rings. The van der Waals surface area contributed by atoms with Crippen molar-refractivity contribution in [1.29, 1.82) is 0 Å². The molecule has 0 fully saturated rings. The summed E-state index contributed by atoms with van der Waals surface area (Å²) in [4.78, 5) is 3.76. The van der Waals surface area contributed by atoms with E-state index in [1.165, 1.54) is 12.3 Å². The zero-order chi connectivity index (χ0) is 19.2. The van der Waals surface area contributed by atoms with E-state index in [9.17, 15) is 13.2 Å². The van der Waals surface area contributed by atoms with E-state index in [1.807, 2.05) is 6.07 Å². The van der Waals surface area contributed by atoms with Crippen LogP contribution in [0.15, 0.2) is 34.9 Å². The molecule has 0 aliphatic rings. The molecule has 0 bridgehead atoms. The first kappa shape index (κ1) is 20.3. The number of benzene rings is 1. The molecule has 142 valence electrons. The van der Waals surface area contributed by atoms with Gasteiger partial charge in [-0.15, -0.1) is 0 Å². The number of hydrogen-bond acceptors (Lipinski definition) is 5. The Balaban J connectivity index is 1.89. The second kappa shape index (κ2) is 9.09. The van der Waals surface area contributed by atoms with Gasteiger partial charge in [-0.1, -0.05) is 15.9 Å². The number of pyridine rings is 1. The summed E-state index contributed by atoms with van der Waals surface area (Å²) in [7, 11) is 3.11. The summed E-state index contributed by atoms with van der Waals surface area (Å²) in [5.74, 6) is 1.04. The second-order valence-corrected chi connectivity index (χ2v) is 6.15. The summed E-state index contributed by atoms with van der Waals surface area (Å²) < 4.78 is 50.0. The Bertz CT molecular complexity index is 742. The third kappa shape index (κ3) is 5.25. The van der Waals surface area contributed by atoms with E-state index in [0.717, 1.165) is 16.1 Å². The number of hydrogen-bond donors (Lipinski definition) is 2. The molecule has 0 spiro atoms. The van der Waals surface area contributed by atoms with Crippen LogP contribution in [-0.2, 0) is 12.7 Å². The van der Waals surface area contributed by atoms with Gasteiger partial charge in [-0.05, 0) is 29.8 Å². The molecule has 2 N–H and O–H groups in total. The Morgan fingerprint density at radius 2 is 1.81 bits per heavy atom. The van der Waals surface area contributed by atoms with Crippen LogP contribution in [0.1, 0.15) is 11.1 Å². The average Bonchev–Trinajstić information content (AvgIpc) is 2.61. The zero-order valence-electron chi connectivity index (χ0n) is 14.3. The summed E-state index contributed by atoms with van der Waals surface area (Å²) in [5.41, 5.74) is 0.166. The van der Waals surface area contributed by atoms with Crippen molar-refractivity contribution >= 4 is 21.7 Å². The lowest BCUT2D eigenvalue weighted by Gasteiger charge is -2.14. The number of nitrogens with one attached hydrogen (secondary N) is 2. The third-order valence-electron chi connectivity index (χ3n) is 3.58. The maximum atomic E-state index is 12.9. The maximum Gasteiger partial charge on any atom is 0.419 e. The zero-order valence-corrected chi connectivity index (χ0v) is 15.9. The predicted molar refractivity (Wildman–Crippen MR) is 96.7 cm³/mol. The standard InChI is InChI=1S/C17H19BrF3N3O2/c1-25-14-8-11(13(18)9-15(14)26-2)10-22-6-7-24-16-12(17(19,20)21)4-3-5-23-16/h3-5,8-9,22H,6-7,10H2,1-2H3,(H,23,24). The minimum Gasteiger partial charge on any atom is -0.493 e. The van der Waals surface area contributed by atoms with Crippen LogP contribution in [0.4, 0.5) is 19.0 Å². The fourth-order valence-electron chi connectivity index (χ4n) is 2.30. The fraction of sp³-hybridized carbons (Fsp3) is 0.353. The molecule has 0 saturated carbocycles. The van der Waals surface area contributed by atoms with Gasteiger partial charge < -0.3 is 20.1 Å². The molecule has 9 heteroatoms. The van der Waals surface area contributed by atoms with Gasteiger partial charge in [-0.25, -0.2) is 4.98 Å². The van der Waals surface area contributed by atoms with Crippen molar-refractivity contribution in [3.63, 3.8) is 0 Å². The minimum atomic E-state index is -4.44. The smallest absolute Gasteiger partial charge is 0.419 e. The molecule has 0 radical (unpaired) electrons. The van der Waals surface area contributed by atoms with Gasteiger partial charge in [-0.2, -0.15) is 13.2 Å². The van der Waals surface area contributed by atoms with Gasteiger partial charge in [0.2, 0.25) is 0 Å². The van der Waals surface area contributed by atoms with Crippen LogP contribution >= 0.6 is 15.9 Å². The number of anilines is 1. The van der Waals surface area contributed by atoms with Crippen molar-refractivity contribution in [2.75, 3.05) is 32.6 Å². The number of rotatable bonds is 8. The molecule has 0 aliphatic heterocycles. The van der Waals surface area contributed by atoms with Crippen LogP contribution < -0.4 is 20.1 Å². The fourth-order valence-corrected chi connectivity index (χ4v) is 2.76. The predicted octanol–water partition coefficient (Wildman–Crippen LogP) is 4.08. The van der Waals surface area contributed by atoms with Gasteiger partial charge in [-0.3, -0.25) is 0 Å². The normalized spacial score (nSPS) is 11.3.